The van der Waals surface area contributed by atoms with Crippen LogP contribution in [0.25, 0.3) is 0 Å². The molecule has 0 saturated heterocycles. The highest BCUT2D eigenvalue weighted by Gasteiger charge is 1.98. The van der Waals surface area contributed by atoms with Gasteiger partial charge < -0.3 is 5.32 Å². The summed E-state index contributed by atoms with van der Waals surface area (Å²) in [5.74, 6) is -0.307. The van der Waals surface area contributed by atoms with Crippen LogP contribution in [0.1, 0.15) is 5.56 Å². The zero-order chi connectivity index (χ0) is 12.7. The maximum atomic E-state index is 12.9. The lowest BCUT2D eigenvalue weighted by atomic mass is 10.2. The lowest BCUT2D eigenvalue weighted by Crippen LogP contribution is -2.31. The average molecular weight is 316 g/mol. The van der Waals surface area contributed by atoms with Crippen LogP contribution in [-0.2, 0) is 0 Å². The van der Waals surface area contributed by atoms with Gasteiger partial charge in [-0.3, -0.25) is 5.43 Å². The summed E-state index contributed by atoms with van der Waals surface area (Å²) in [4.78, 5) is 0. The van der Waals surface area contributed by atoms with Crippen molar-refractivity contribution in [2.24, 2.45) is 5.10 Å². The fraction of sp³-hybridized carbons (Fsp3) is 0.0909. The highest BCUT2D eigenvalue weighted by molar-refractivity contribution is 9.10. The molecule has 0 unspecified atom stereocenters. The summed E-state index contributed by atoms with van der Waals surface area (Å²) < 4.78 is 13.3. The molecule has 1 aromatic carbocycles. The van der Waals surface area contributed by atoms with Gasteiger partial charge in [-0.05, 0) is 45.8 Å². The Hall–Kier alpha value is -1.27. The van der Waals surface area contributed by atoms with Crippen molar-refractivity contribution in [3.8, 4) is 0 Å². The Morgan fingerprint density at radius 2 is 2.35 bits per heavy atom. The monoisotopic (exact) mass is 315 g/mol. The predicted octanol–water partition coefficient (Wildman–Crippen LogP) is 2.57. The summed E-state index contributed by atoms with van der Waals surface area (Å²) in [5.41, 5.74) is 3.39. The van der Waals surface area contributed by atoms with Crippen molar-refractivity contribution in [3.63, 3.8) is 0 Å². The molecule has 0 aliphatic carbocycles. The smallest absolute Gasteiger partial charge is 0.187 e. The van der Waals surface area contributed by atoms with E-state index in [2.05, 4.69) is 38.4 Å². The molecule has 1 rings (SSSR count). The van der Waals surface area contributed by atoms with Gasteiger partial charge in [-0.2, -0.15) is 5.10 Å². The molecule has 0 saturated carbocycles. The standard InChI is InChI=1S/C11H11BrFN3S/c1-2-5-14-11(17)16-15-7-8-3-4-10(13)9(12)6-8/h2-4,6-7H,1,5H2,(H2,14,16,17)/b15-7-. The number of hydrogen-bond donors (Lipinski definition) is 2. The molecule has 3 nitrogen and oxygen atoms in total. The van der Waals surface area contributed by atoms with E-state index in [4.69, 9.17) is 12.2 Å². The van der Waals surface area contributed by atoms with Crippen molar-refractivity contribution in [3.05, 3.63) is 46.7 Å². The molecule has 0 aromatic heterocycles. The van der Waals surface area contributed by atoms with Gasteiger partial charge in [-0.1, -0.05) is 12.1 Å². The molecule has 1 aromatic rings. The van der Waals surface area contributed by atoms with E-state index >= 15 is 0 Å². The van der Waals surface area contributed by atoms with Crippen LogP contribution in [0.2, 0.25) is 0 Å². The number of thiocarbonyl (C=S) groups is 1. The number of nitrogens with zero attached hydrogens (tertiary/aromatic N) is 1. The molecule has 0 fully saturated rings. The third-order valence-corrected chi connectivity index (χ3v) is 2.57. The van der Waals surface area contributed by atoms with Crippen LogP contribution >= 0.6 is 28.1 Å². The number of rotatable bonds is 4. The zero-order valence-electron chi connectivity index (χ0n) is 8.91. The van der Waals surface area contributed by atoms with E-state index in [9.17, 15) is 4.39 Å². The molecular weight excluding hydrogens is 305 g/mol. The Labute approximate surface area is 113 Å². The predicted molar refractivity (Wildman–Crippen MR) is 75.6 cm³/mol. The maximum Gasteiger partial charge on any atom is 0.187 e. The quantitative estimate of drug-likeness (QED) is 0.388. The van der Waals surface area contributed by atoms with Gasteiger partial charge in [0.25, 0.3) is 0 Å². The highest BCUT2D eigenvalue weighted by Crippen LogP contribution is 2.15. The third-order valence-electron chi connectivity index (χ3n) is 1.73. The van der Waals surface area contributed by atoms with Crippen LogP contribution in [0.5, 0.6) is 0 Å². The average Bonchev–Trinajstić information content (AvgIpc) is 2.31. The van der Waals surface area contributed by atoms with Gasteiger partial charge >= 0.3 is 0 Å². The summed E-state index contributed by atoms with van der Waals surface area (Å²) >= 11 is 8.02. The second kappa shape index (κ2) is 7.13. The number of benzene rings is 1. The number of hydrazone groups is 1. The largest absolute Gasteiger partial charge is 0.358 e. The van der Waals surface area contributed by atoms with Gasteiger partial charge in [0.05, 0.1) is 10.7 Å². The van der Waals surface area contributed by atoms with E-state index in [1.807, 2.05) is 0 Å². The van der Waals surface area contributed by atoms with Crippen LogP contribution in [0, 0.1) is 5.82 Å². The molecule has 0 bridgehead atoms. The number of halogens is 2. The van der Waals surface area contributed by atoms with Crippen molar-refractivity contribution < 1.29 is 4.39 Å². The molecule has 2 N–H and O–H groups in total. The lowest BCUT2D eigenvalue weighted by molar-refractivity contribution is 0.621. The first-order valence-electron chi connectivity index (χ1n) is 4.76. The van der Waals surface area contributed by atoms with Crippen molar-refractivity contribution in [1.29, 1.82) is 0 Å². The second-order valence-corrected chi connectivity index (χ2v) is 4.30. The van der Waals surface area contributed by atoms with Gasteiger partial charge in [-0.25, -0.2) is 4.39 Å². The Bertz CT molecular complexity index is 448. The zero-order valence-corrected chi connectivity index (χ0v) is 11.3. The van der Waals surface area contributed by atoms with Gasteiger partial charge in [0.1, 0.15) is 5.82 Å². The first kappa shape index (κ1) is 13.8. The third kappa shape index (κ3) is 5.06. The van der Waals surface area contributed by atoms with E-state index < -0.39 is 0 Å². The summed E-state index contributed by atoms with van der Waals surface area (Å²) in [6.07, 6.45) is 3.24. The summed E-state index contributed by atoms with van der Waals surface area (Å²) in [6.45, 7) is 4.12. The highest BCUT2D eigenvalue weighted by atomic mass is 79.9. The van der Waals surface area contributed by atoms with Crippen molar-refractivity contribution >= 4 is 39.5 Å². The fourth-order valence-corrected chi connectivity index (χ4v) is 1.50. The first-order chi connectivity index (χ1) is 8.13. The minimum absolute atomic E-state index is 0.307. The van der Waals surface area contributed by atoms with Crippen LogP contribution in [0.3, 0.4) is 0 Å². The Kier molecular flexibility index (Phi) is 5.79. The van der Waals surface area contributed by atoms with E-state index in [0.29, 0.717) is 16.1 Å². The van der Waals surface area contributed by atoms with E-state index in [0.717, 1.165) is 5.56 Å². The van der Waals surface area contributed by atoms with E-state index in [-0.39, 0.29) is 5.82 Å². The van der Waals surface area contributed by atoms with E-state index in [1.165, 1.54) is 6.07 Å². The van der Waals surface area contributed by atoms with Crippen molar-refractivity contribution in [1.82, 2.24) is 10.7 Å². The fourth-order valence-electron chi connectivity index (χ4n) is 0.963. The minimum Gasteiger partial charge on any atom is -0.358 e. The first-order valence-corrected chi connectivity index (χ1v) is 5.96. The minimum atomic E-state index is -0.307. The van der Waals surface area contributed by atoms with Gasteiger partial charge in [-0.15, -0.1) is 6.58 Å². The van der Waals surface area contributed by atoms with Crippen LogP contribution < -0.4 is 10.7 Å². The van der Waals surface area contributed by atoms with Gasteiger partial charge in [0.2, 0.25) is 0 Å². The molecule has 0 atom stereocenters. The normalized spacial score (nSPS) is 10.2. The van der Waals surface area contributed by atoms with Gasteiger partial charge in [0.15, 0.2) is 5.11 Å². The molecule has 0 amide bonds. The molecule has 0 aliphatic heterocycles. The molecule has 0 heterocycles. The Morgan fingerprint density at radius 1 is 1.59 bits per heavy atom. The Morgan fingerprint density at radius 3 is 3.00 bits per heavy atom. The summed E-state index contributed by atoms with van der Waals surface area (Å²) in [5, 5.41) is 7.17. The topological polar surface area (TPSA) is 36.4 Å². The molecular formula is C11H11BrFN3S. The number of nitrogens with one attached hydrogen (secondary N) is 2. The van der Waals surface area contributed by atoms with Crippen LogP contribution in [0.15, 0.2) is 40.4 Å². The molecule has 0 radical (unpaired) electrons. The summed E-state index contributed by atoms with van der Waals surface area (Å²) in [6, 6.07) is 4.60. The molecule has 90 valence electrons. The van der Waals surface area contributed by atoms with Gasteiger partial charge in [0, 0.05) is 6.54 Å². The lowest BCUT2D eigenvalue weighted by Gasteiger charge is -2.03. The SMILES string of the molecule is C=CCNC(=S)N/N=C\c1ccc(F)c(Br)c1. The molecule has 6 heteroatoms. The number of hydrogen-bond acceptors (Lipinski definition) is 2. The Balaban J connectivity index is 2.50. The summed E-state index contributed by atoms with van der Waals surface area (Å²) in [7, 11) is 0. The van der Waals surface area contributed by atoms with Crippen molar-refractivity contribution in [2.45, 2.75) is 0 Å². The second-order valence-electron chi connectivity index (χ2n) is 3.04. The van der Waals surface area contributed by atoms with Crippen molar-refractivity contribution in [2.75, 3.05) is 6.54 Å². The molecule has 0 spiro atoms. The molecule has 0 aliphatic rings. The molecule has 17 heavy (non-hydrogen) atoms. The van der Waals surface area contributed by atoms with Crippen LogP contribution in [0.4, 0.5) is 4.39 Å². The maximum absolute atomic E-state index is 12.9. The van der Waals surface area contributed by atoms with E-state index in [1.54, 1.807) is 24.4 Å². The van der Waals surface area contributed by atoms with Crippen LogP contribution in [-0.4, -0.2) is 17.9 Å².